The van der Waals surface area contributed by atoms with Crippen molar-refractivity contribution in [3.8, 4) is 0 Å². The molecule has 9 nitrogen and oxygen atoms in total. The molecule has 1 atom stereocenters. The van der Waals surface area contributed by atoms with Crippen molar-refractivity contribution in [1.29, 1.82) is 0 Å². The number of benzene rings is 1. The Kier molecular flexibility index (Phi) is 6.74. The monoisotopic (exact) mass is 414 g/mol. The van der Waals surface area contributed by atoms with Crippen LogP contribution in [0.3, 0.4) is 0 Å². The quantitative estimate of drug-likeness (QED) is 0.445. The van der Waals surface area contributed by atoms with E-state index in [4.69, 9.17) is 18.6 Å². The average Bonchev–Trinajstić information content (AvgIpc) is 3.33. The fourth-order valence-corrected chi connectivity index (χ4v) is 2.74. The normalized spacial score (nSPS) is 11.7. The molecule has 0 fully saturated rings. The molecule has 0 saturated heterocycles. The molecule has 0 aliphatic heterocycles. The molecule has 30 heavy (non-hydrogen) atoms. The minimum absolute atomic E-state index is 0.0825. The van der Waals surface area contributed by atoms with Gasteiger partial charge in [0.25, 0.3) is 0 Å². The summed E-state index contributed by atoms with van der Waals surface area (Å²) in [6.07, 6.45) is 0.721. The van der Waals surface area contributed by atoms with E-state index in [1.807, 2.05) is 30.3 Å². The van der Waals surface area contributed by atoms with Crippen LogP contribution in [-0.2, 0) is 32.3 Å². The third-order valence-electron chi connectivity index (χ3n) is 4.24. The number of hydrogen-bond acceptors (Lipinski definition) is 7. The molecule has 2 heterocycles. The van der Waals surface area contributed by atoms with E-state index < -0.39 is 24.1 Å². The highest BCUT2D eigenvalue weighted by atomic mass is 16.6. The molecule has 0 spiro atoms. The smallest absolute Gasteiger partial charge is 0.408 e. The SMILES string of the molecule is CCOC(=O)c1cc2occc2n1COC(=O)C(C)NC(=O)OCc1ccccc1. The summed E-state index contributed by atoms with van der Waals surface area (Å²) in [5, 5.41) is 2.41. The Bertz CT molecular complexity index is 1020. The van der Waals surface area contributed by atoms with E-state index in [0.717, 1.165) is 5.56 Å². The number of furan rings is 1. The maximum atomic E-state index is 12.3. The van der Waals surface area contributed by atoms with Crippen molar-refractivity contribution in [2.24, 2.45) is 0 Å². The van der Waals surface area contributed by atoms with Gasteiger partial charge in [-0.25, -0.2) is 14.4 Å². The molecule has 0 radical (unpaired) electrons. The summed E-state index contributed by atoms with van der Waals surface area (Å²) < 4.78 is 22.1. The van der Waals surface area contributed by atoms with Gasteiger partial charge in [0.15, 0.2) is 12.3 Å². The molecule has 9 heteroatoms. The number of nitrogens with one attached hydrogen (secondary N) is 1. The predicted octanol–water partition coefficient (Wildman–Crippen LogP) is 3.23. The molecular formula is C21H22N2O7. The lowest BCUT2D eigenvalue weighted by molar-refractivity contribution is -0.149. The fraction of sp³-hybridized carbons (Fsp3) is 0.286. The number of hydrogen-bond donors (Lipinski definition) is 1. The number of carbonyl (C=O) groups excluding carboxylic acids is 3. The van der Waals surface area contributed by atoms with Gasteiger partial charge < -0.3 is 23.9 Å². The van der Waals surface area contributed by atoms with Crippen LogP contribution in [0.25, 0.3) is 11.1 Å². The number of carbonyl (C=O) groups is 3. The third-order valence-corrected chi connectivity index (χ3v) is 4.24. The highest BCUT2D eigenvalue weighted by molar-refractivity contribution is 5.94. The minimum Gasteiger partial charge on any atom is -0.463 e. The Morgan fingerprint density at radius 3 is 2.60 bits per heavy atom. The highest BCUT2D eigenvalue weighted by Crippen LogP contribution is 2.22. The summed E-state index contributed by atoms with van der Waals surface area (Å²) in [6, 6.07) is 11.4. The second-order valence-corrected chi connectivity index (χ2v) is 6.37. The molecule has 2 aromatic heterocycles. The molecule has 0 aliphatic carbocycles. The van der Waals surface area contributed by atoms with E-state index in [2.05, 4.69) is 5.32 Å². The van der Waals surface area contributed by atoms with E-state index in [0.29, 0.717) is 11.1 Å². The van der Waals surface area contributed by atoms with Crippen LogP contribution in [0.15, 0.2) is 53.1 Å². The maximum Gasteiger partial charge on any atom is 0.408 e. The Labute approximate surface area is 172 Å². The largest absolute Gasteiger partial charge is 0.463 e. The van der Waals surface area contributed by atoms with E-state index in [1.165, 1.54) is 23.8 Å². The van der Waals surface area contributed by atoms with Crippen LogP contribution in [0, 0.1) is 0 Å². The molecule has 0 saturated carbocycles. The summed E-state index contributed by atoms with van der Waals surface area (Å²) in [6.45, 7) is 3.21. The van der Waals surface area contributed by atoms with Gasteiger partial charge in [-0.05, 0) is 19.4 Å². The van der Waals surface area contributed by atoms with Crippen molar-refractivity contribution in [2.45, 2.75) is 33.2 Å². The van der Waals surface area contributed by atoms with Crippen LogP contribution < -0.4 is 5.32 Å². The number of nitrogens with zero attached hydrogens (tertiary/aromatic N) is 1. The van der Waals surface area contributed by atoms with Crippen molar-refractivity contribution in [3.05, 3.63) is 60.0 Å². The van der Waals surface area contributed by atoms with Gasteiger partial charge in [0.1, 0.15) is 18.3 Å². The van der Waals surface area contributed by atoms with Crippen molar-refractivity contribution in [1.82, 2.24) is 9.88 Å². The first-order chi connectivity index (χ1) is 14.5. The number of esters is 2. The Morgan fingerprint density at radius 1 is 1.10 bits per heavy atom. The number of rotatable bonds is 8. The average molecular weight is 414 g/mol. The molecule has 1 amide bonds. The van der Waals surface area contributed by atoms with E-state index in [9.17, 15) is 14.4 Å². The summed E-state index contributed by atoms with van der Waals surface area (Å²) in [4.78, 5) is 36.3. The van der Waals surface area contributed by atoms with Crippen LogP contribution >= 0.6 is 0 Å². The van der Waals surface area contributed by atoms with Crippen molar-refractivity contribution in [2.75, 3.05) is 6.61 Å². The second-order valence-electron chi connectivity index (χ2n) is 6.37. The first kappa shape index (κ1) is 21.0. The second kappa shape index (κ2) is 9.64. The van der Waals surface area contributed by atoms with Gasteiger partial charge in [-0.15, -0.1) is 0 Å². The van der Waals surface area contributed by atoms with Crippen molar-refractivity contribution >= 4 is 29.1 Å². The van der Waals surface area contributed by atoms with Crippen LogP contribution in [0.5, 0.6) is 0 Å². The van der Waals surface area contributed by atoms with Crippen molar-refractivity contribution < 1.29 is 33.0 Å². The zero-order valence-corrected chi connectivity index (χ0v) is 16.6. The third kappa shape index (κ3) is 4.99. The predicted molar refractivity (Wildman–Crippen MR) is 105 cm³/mol. The summed E-state index contributed by atoms with van der Waals surface area (Å²) in [5.41, 5.74) is 2.06. The van der Waals surface area contributed by atoms with Gasteiger partial charge in [-0.2, -0.15) is 0 Å². The van der Waals surface area contributed by atoms with Gasteiger partial charge >= 0.3 is 18.0 Å². The first-order valence-electron chi connectivity index (χ1n) is 9.37. The fourth-order valence-electron chi connectivity index (χ4n) is 2.74. The first-order valence-corrected chi connectivity index (χ1v) is 9.37. The zero-order chi connectivity index (χ0) is 21.5. The molecule has 3 aromatic rings. The standard InChI is InChI=1S/C21H22N2O7/c1-3-27-20(25)17-11-18-16(9-10-28-18)23(17)13-30-19(24)14(2)22-21(26)29-12-15-7-5-4-6-8-15/h4-11,14H,3,12-13H2,1-2H3,(H,22,26). The zero-order valence-electron chi connectivity index (χ0n) is 16.6. The topological polar surface area (TPSA) is 109 Å². The lowest BCUT2D eigenvalue weighted by Crippen LogP contribution is -2.40. The van der Waals surface area contributed by atoms with Crippen LogP contribution in [0.4, 0.5) is 4.79 Å². The molecule has 158 valence electrons. The summed E-state index contributed by atoms with van der Waals surface area (Å²) in [5.74, 6) is -1.25. The minimum atomic E-state index is -0.949. The van der Waals surface area contributed by atoms with E-state index in [-0.39, 0.29) is 25.6 Å². The van der Waals surface area contributed by atoms with Crippen molar-refractivity contribution in [3.63, 3.8) is 0 Å². The Morgan fingerprint density at radius 2 is 1.87 bits per heavy atom. The maximum absolute atomic E-state index is 12.3. The van der Waals surface area contributed by atoms with E-state index in [1.54, 1.807) is 13.0 Å². The van der Waals surface area contributed by atoms with E-state index >= 15 is 0 Å². The van der Waals surface area contributed by atoms with Gasteiger partial charge in [0.05, 0.1) is 18.4 Å². The van der Waals surface area contributed by atoms with Gasteiger partial charge in [-0.1, -0.05) is 30.3 Å². The molecular weight excluding hydrogens is 392 g/mol. The molecule has 3 rings (SSSR count). The lowest BCUT2D eigenvalue weighted by atomic mass is 10.2. The van der Waals surface area contributed by atoms with Crippen LogP contribution in [-0.4, -0.2) is 35.2 Å². The number of alkyl carbamates (subject to hydrolysis) is 1. The summed E-state index contributed by atoms with van der Waals surface area (Å²) in [7, 11) is 0. The number of amides is 1. The molecule has 1 aromatic carbocycles. The van der Waals surface area contributed by atoms with Gasteiger partial charge in [0.2, 0.25) is 0 Å². The molecule has 0 aliphatic rings. The van der Waals surface area contributed by atoms with Gasteiger partial charge in [-0.3, -0.25) is 4.57 Å². The Balaban J connectivity index is 1.56. The molecule has 0 bridgehead atoms. The molecule has 1 N–H and O–H groups in total. The molecule has 1 unspecified atom stereocenters. The Hall–Kier alpha value is -3.75. The lowest BCUT2D eigenvalue weighted by Gasteiger charge is -2.15. The van der Waals surface area contributed by atoms with Crippen LogP contribution in [0.1, 0.15) is 29.9 Å². The van der Waals surface area contributed by atoms with Crippen LogP contribution in [0.2, 0.25) is 0 Å². The number of ether oxygens (including phenoxy) is 3. The number of aromatic nitrogens is 1. The number of fused-ring (bicyclic) bond motifs is 1. The van der Waals surface area contributed by atoms with Gasteiger partial charge in [0, 0.05) is 12.1 Å². The highest BCUT2D eigenvalue weighted by Gasteiger charge is 2.22. The summed E-state index contributed by atoms with van der Waals surface area (Å²) >= 11 is 0.